The van der Waals surface area contributed by atoms with Gasteiger partial charge >= 0.3 is 6.03 Å². The smallest absolute Gasteiger partial charge is 0.322 e. The standard InChI is InChI=1S/C15H19N3O4/c1-10-7-11(17-22-10)9-18(2)15(19)16-13-8-12(20-3)5-6-14(13)21-4/h5-8H,9H2,1-4H3,(H,16,19). The molecule has 1 heterocycles. The van der Waals surface area contributed by atoms with Crippen molar-refractivity contribution in [2.45, 2.75) is 13.5 Å². The van der Waals surface area contributed by atoms with Crippen LogP contribution >= 0.6 is 0 Å². The molecular formula is C15H19N3O4. The van der Waals surface area contributed by atoms with Crippen LogP contribution in [-0.2, 0) is 6.54 Å². The zero-order valence-electron chi connectivity index (χ0n) is 13.0. The minimum absolute atomic E-state index is 0.285. The fourth-order valence-corrected chi connectivity index (χ4v) is 1.93. The van der Waals surface area contributed by atoms with Gasteiger partial charge < -0.3 is 24.2 Å². The minimum Gasteiger partial charge on any atom is -0.497 e. The molecule has 7 heteroatoms. The molecule has 118 valence electrons. The Morgan fingerprint density at radius 3 is 2.68 bits per heavy atom. The van der Waals surface area contributed by atoms with E-state index in [1.165, 1.54) is 4.90 Å². The summed E-state index contributed by atoms with van der Waals surface area (Å²) >= 11 is 0. The topological polar surface area (TPSA) is 76.8 Å². The highest BCUT2D eigenvalue weighted by Crippen LogP contribution is 2.29. The average molecular weight is 305 g/mol. The van der Waals surface area contributed by atoms with E-state index in [1.54, 1.807) is 52.5 Å². The maximum Gasteiger partial charge on any atom is 0.322 e. The van der Waals surface area contributed by atoms with Crippen molar-refractivity contribution in [1.29, 1.82) is 0 Å². The van der Waals surface area contributed by atoms with E-state index in [-0.39, 0.29) is 6.03 Å². The van der Waals surface area contributed by atoms with Crippen LogP contribution in [0.15, 0.2) is 28.8 Å². The monoisotopic (exact) mass is 305 g/mol. The average Bonchev–Trinajstić information content (AvgIpc) is 2.92. The first-order valence-corrected chi connectivity index (χ1v) is 6.70. The molecule has 0 unspecified atom stereocenters. The van der Waals surface area contributed by atoms with Gasteiger partial charge in [-0.2, -0.15) is 0 Å². The number of nitrogens with zero attached hydrogens (tertiary/aromatic N) is 2. The lowest BCUT2D eigenvalue weighted by molar-refractivity contribution is 0.219. The molecule has 0 radical (unpaired) electrons. The normalized spacial score (nSPS) is 10.2. The first-order chi connectivity index (χ1) is 10.5. The Morgan fingerprint density at radius 2 is 2.09 bits per heavy atom. The predicted octanol–water partition coefficient (Wildman–Crippen LogP) is 2.66. The number of nitrogens with one attached hydrogen (secondary N) is 1. The second-order valence-corrected chi connectivity index (χ2v) is 4.78. The number of carbonyl (C=O) groups is 1. The number of anilines is 1. The molecule has 0 fully saturated rings. The number of hydrogen-bond acceptors (Lipinski definition) is 5. The van der Waals surface area contributed by atoms with Gasteiger partial charge in [0.15, 0.2) is 0 Å². The van der Waals surface area contributed by atoms with E-state index < -0.39 is 0 Å². The lowest BCUT2D eigenvalue weighted by Crippen LogP contribution is -2.31. The van der Waals surface area contributed by atoms with Crippen molar-refractivity contribution < 1.29 is 18.8 Å². The second kappa shape index (κ2) is 6.84. The molecule has 2 amide bonds. The molecule has 0 bridgehead atoms. The first kappa shape index (κ1) is 15.7. The van der Waals surface area contributed by atoms with Crippen molar-refractivity contribution in [2.24, 2.45) is 0 Å². The summed E-state index contributed by atoms with van der Waals surface area (Å²) in [5.74, 6) is 1.89. The van der Waals surface area contributed by atoms with Crippen molar-refractivity contribution in [3.8, 4) is 11.5 Å². The molecule has 1 aromatic carbocycles. The van der Waals surface area contributed by atoms with Crippen molar-refractivity contribution in [2.75, 3.05) is 26.6 Å². The number of benzene rings is 1. The number of methoxy groups -OCH3 is 2. The van der Waals surface area contributed by atoms with E-state index >= 15 is 0 Å². The fraction of sp³-hybridized carbons (Fsp3) is 0.333. The van der Waals surface area contributed by atoms with E-state index in [0.29, 0.717) is 35.2 Å². The van der Waals surface area contributed by atoms with E-state index in [2.05, 4.69) is 10.5 Å². The van der Waals surface area contributed by atoms with Crippen LogP contribution in [0.3, 0.4) is 0 Å². The highest BCUT2D eigenvalue weighted by Gasteiger charge is 2.14. The Hall–Kier alpha value is -2.70. The molecule has 0 spiro atoms. The number of urea groups is 1. The van der Waals surface area contributed by atoms with Crippen LogP contribution in [0.5, 0.6) is 11.5 Å². The van der Waals surface area contributed by atoms with Crippen LogP contribution in [0.2, 0.25) is 0 Å². The summed E-state index contributed by atoms with van der Waals surface area (Å²) in [4.78, 5) is 13.7. The van der Waals surface area contributed by atoms with Crippen molar-refractivity contribution in [3.63, 3.8) is 0 Å². The zero-order valence-corrected chi connectivity index (χ0v) is 13.0. The number of hydrogen-bond donors (Lipinski definition) is 1. The van der Waals surface area contributed by atoms with Gasteiger partial charge in [-0.15, -0.1) is 0 Å². The molecule has 2 aromatic rings. The first-order valence-electron chi connectivity index (χ1n) is 6.70. The summed E-state index contributed by atoms with van der Waals surface area (Å²) < 4.78 is 15.4. The Balaban J connectivity index is 2.07. The van der Waals surface area contributed by atoms with Gasteiger partial charge in [0.1, 0.15) is 23.0 Å². The van der Waals surface area contributed by atoms with Crippen LogP contribution in [-0.4, -0.2) is 37.4 Å². The summed E-state index contributed by atoms with van der Waals surface area (Å²) in [5, 5.41) is 6.65. The van der Waals surface area contributed by atoms with Crippen LogP contribution in [0.1, 0.15) is 11.5 Å². The number of aryl methyl sites for hydroxylation is 1. The zero-order chi connectivity index (χ0) is 16.1. The Labute approximate surface area is 128 Å². The number of amides is 2. The van der Waals surface area contributed by atoms with E-state index in [4.69, 9.17) is 14.0 Å². The maximum absolute atomic E-state index is 12.3. The second-order valence-electron chi connectivity index (χ2n) is 4.78. The Bertz CT molecular complexity index is 654. The van der Waals surface area contributed by atoms with Gasteiger partial charge in [0, 0.05) is 19.2 Å². The van der Waals surface area contributed by atoms with Gasteiger partial charge in [-0.25, -0.2) is 4.79 Å². The molecule has 0 aliphatic rings. The van der Waals surface area contributed by atoms with Gasteiger partial charge in [0.05, 0.1) is 26.5 Å². The van der Waals surface area contributed by atoms with E-state index in [9.17, 15) is 4.79 Å². The molecule has 7 nitrogen and oxygen atoms in total. The molecular weight excluding hydrogens is 286 g/mol. The van der Waals surface area contributed by atoms with Crippen LogP contribution < -0.4 is 14.8 Å². The van der Waals surface area contributed by atoms with Crippen molar-refractivity contribution in [1.82, 2.24) is 10.1 Å². The summed E-state index contributed by atoms with van der Waals surface area (Å²) in [6.45, 7) is 2.15. The van der Waals surface area contributed by atoms with Gasteiger partial charge in [-0.3, -0.25) is 0 Å². The van der Waals surface area contributed by atoms with Crippen molar-refractivity contribution >= 4 is 11.7 Å². The molecule has 0 aliphatic carbocycles. The Kier molecular flexibility index (Phi) is 4.88. The van der Waals surface area contributed by atoms with Crippen LogP contribution in [0.4, 0.5) is 10.5 Å². The molecule has 0 atom stereocenters. The fourth-order valence-electron chi connectivity index (χ4n) is 1.93. The predicted molar refractivity (Wildman–Crippen MR) is 81.3 cm³/mol. The lowest BCUT2D eigenvalue weighted by Gasteiger charge is -2.18. The van der Waals surface area contributed by atoms with E-state index in [0.717, 1.165) is 0 Å². The molecule has 0 saturated carbocycles. The summed E-state index contributed by atoms with van der Waals surface area (Å²) in [7, 11) is 4.78. The van der Waals surface area contributed by atoms with Gasteiger partial charge in [0.2, 0.25) is 0 Å². The number of rotatable bonds is 5. The quantitative estimate of drug-likeness (QED) is 0.919. The van der Waals surface area contributed by atoms with Crippen LogP contribution in [0.25, 0.3) is 0 Å². The lowest BCUT2D eigenvalue weighted by atomic mass is 10.2. The third kappa shape index (κ3) is 3.69. The summed E-state index contributed by atoms with van der Waals surface area (Å²) in [6.07, 6.45) is 0. The molecule has 22 heavy (non-hydrogen) atoms. The number of aromatic nitrogens is 1. The molecule has 0 saturated heterocycles. The summed E-state index contributed by atoms with van der Waals surface area (Å²) in [6, 6.07) is 6.69. The van der Waals surface area contributed by atoms with Gasteiger partial charge in [0.25, 0.3) is 0 Å². The highest BCUT2D eigenvalue weighted by molar-refractivity contribution is 5.91. The largest absolute Gasteiger partial charge is 0.497 e. The van der Waals surface area contributed by atoms with E-state index in [1.807, 2.05) is 0 Å². The number of ether oxygens (including phenoxy) is 2. The molecule has 2 rings (SSSR count). The summed E-state index contributed by atoms with van der Waals surface area (Å²) in [5.41, 5.74) is 1.22. The third-order valence-corrected chi connectivity index (χ3v) is 3.07. The SMILES string of the molecule is COc1ccc(OC)c(NC(=O)N(C)Cc2cc(C)on2)c1. The highest BCUT2D eigenvalue weighted by atomic mass is 16.5. The van der Waals surface area contributed by atoms with Crippen molar-refractivity contribution in [3.05, 3.63) is 35.7 Å². The minimum atomic E-state index is -0.285. The van der Waals surface area contributed by atoms with Gasteiger partial charge in [-0.1, -0.05) is 5.16 Å². The molecule has 0 aliphatic heterocycles. The van der Waals surface area contributed by atoms with Crippen LogP contribution in [0, 0.1) is 6.92 Å². The molecule has 1 aromatic heterocycles. The van der Waals surface area contributed by atoms with Gasteiger partial charge in [-0.05, 0) is 19.1 Å². The molecule has 1 N–H and O–H groups in total. The Morgan fingerprint density at radius 1 is 1.32 bits per heavy atom. The maximum atomic E-state index is 12.3. The third-order valence-electron chi connectivity index (χ3n) is 3.07. The number of carbonyl (C=O) groups excluding carboxylic acids is 1.